The molecule has 5 nitrogen and oxygen atoms in total. The Morgan fingerprint density at radius 1 is 1.23 bits per heavy atom. The summed E-state index contributed by atoms with van der Waals surface area (Å²) in [6, 6.07) is 7.44. The summed E-state index contributed by atoms with van der Waals surface area (Å²) in [6.07, 6.45) is 6.89. The molecule has 0 bridgehead atoms. The van der Waals surface area contributed by atoms with Gasteiger partial charge < -0.3 is 14.5 Å². The van der Waals surface area contributed by atoms with Crippen LogP contribution in [0.4, 0.5) is 0 Å². The maximum Gasteiger partial charge on any atom is 0.116 e. The van der Waals surface area contributed by atoms with E-state index in [1.54, 1.807) is 4.85 Å². The summed E-state index contributed by atoms with van der Waals surface area (Å²) in [4.78, 5) is 7.33. The Morgan fingerprint density at radius 3 is 2.77 bits per heavy atom. The lowest BCUT2D eigenvalue weighted by molar-refractivity contribution is 0.0828. The Balaban J connectivity index is 1.79. The van der Waals surface area contributed by atoms with E-state index in [2.05, 4.69) is 63.6 Å². The Labute approximate surface area is 163 Å². The van der Waals surface area contributed by atoms with Gasteiger partial charge in [-0.25, -0.2) is 0 Å². The van der Waals surface area contributed by atoms with Crippen molar-refractivity contribution in [2.24, 2.45) is 0 Å². The first-order valence-corrected chi connectivity index (χ1v) is 13.4. The van der Waals surface area contributed by atoms with Crippen molar-refractivity contribution in [2.45, 2.75) is 38.7 Å². The van der Waals surface area contributed by atoms with E-state index < -0.39 is 8.07 Å². The van der Waals surface area contributed by atoms with E-state index in [0.29, 0.717) is 13.2 Å². The lowest BCUT2D eigenvalue weighted by Gasteiger charge is -2.15. The molecule has 0 spiro atoms. The molecular weight excluding hydrogens is 410 g/mol. The van der Waals surface area contributed by atoms with Gasteiger partial charge in [0.05, 0.1) is 19.0 Å². The summed E-state index contributed by atoms with van der Waals surface area (Å²) >= 11 is 3.55. The second-order valence-electron chi connectivity index (χ2n) is 7.75. The molecule has 1 N–H and O–H groups in total. The van der Waals surface area contributed by atoms with Crippen molar-refractivity contribution in [2.75, 3.05) is 13.2 Å². The second-order valence-corrected chi connectivity index (χ2v) is 14.3. The van der Waals surface area contributed by atoms with E-state index in [4.69, 9.17) is 4.84 Å². The molecule has 0 aliphatic heterocycles. The van der Waals surface area contributed by atoms with Gasteiger partial charge in [-0.05, 0) is 24.6 Å². The Kier molecular flexibility index (Phi) is 5.89. The average molecular weight is 436 g/mol. The van der Waals surface area contributed by atoms with Crippen molar-refractivity contribution in [3.05, 3.63) is 41.3 Å². The quantitative estimate of drug-likeness (QED) is 0.420. The zero-order valence-corrected chi connectivity index (χ0v) is 18.2. The molecule has 2 heterocycles. The Morgan fingerprint density at radius 2 is 2.04 bits per heavy atom. The molecule has 0 amide bonds. The van der Waals surface area contributed by atoms with Crippen LogP contribution in [-0.4, -0.2) is 40.9 Å². The molecule has 3 rings (SSSR count). The molecule has 2 aromatic heterocycles. The molecular formula is C19H26BrN3O2Si. The van der Waals surface area contributed by atoms with Crippen LogP contribution in [0, 0.1) is 0 Å². The van der Waals surface area contributed by atoms with E-state index in [0.717, 1.165) is 32.9 Å². The van der Waals surface area contributed by atoms with Crippen molar-refractivity contribution >= 4 is 34.9 Å². The van der Waals surface area contributed by atoms with Gasteiger partial charge in [-0.2, -0.15) is 0 Å². The van der Waals surface area contributed by atoms with Gasteiger partial charge in [-0.1, -0.05) is 41.6 Å². The van der Waals surface area contributed by atoms with E-state index in [1.807, 2.05) is 18.5 Å². The highest BCUT2D eigenvalue weighted by molar-refractivity contribution is 9.10. The zero-order chi connectivity index (χ0) is 18.7. The average Bonchev–Trinajstić information content (AvgIpc) is 3.16. The standard InChI is InChI=1S/C19H26BrN3O2Si/c1-26(2,3)10-4-9-25-23-13-15(12-21-23)18-14-22(7-8-24)19-6-5-16(20)11-17(18)19/h5-6,11-14,24H,4,7-10H2,1-3H3. The van der Waals surface area contributed by atoms with Crippen molar-refractivity contribution in [1.82, 2.24) is 14.5 Å². The number of nitrogens with zero attached hydrogens (tertiary/aromatic N) is 3. The van der Waals surface area contributed by atoms with Crippen LogP contribution < -0.4 is 4.84 Å². The molecule has 140 valence electrons. The number of aliphatic hydroxyl groups excluding tert-OH is 1. The SMILES string of the molecule is C[Si](C)(C)CCCOn1cc(-c2cn(CCO)c3ccc(Br)cc23)cn1. The lowest BCUT2D eigenvalue weighted by atomic mass is 10.1. The summed E-state index contributed by atoms with van der Waals surface area (Å²) in [5.74, 6) is 0. The molecule has 0 aliphatic carbocycles. The monoisotopic (exact) mass is 435 g/mol. The number of fused-ring (bicyclic) bond motifs is 1. The summed E-state index contributed by atoms with van der Waals surface area (Å²) in [5, 5.41) is 14.8. The second kappa shape index (κ2) is 7.98. The molecule has 0 saturated carbocycles. The lowest BCUT2D eigenvalue weighted by Crippen LogP contribution is -2.21. The van der Waals surface area contributed by atoms with Crippen LogP contribution in [0.5, 0.6) is 0 Å². The fraction of sp³-hybridized carbons (Fsp3) is 0.421. The van der Waals surface area contributed by atoms with Crippen molar-refractivity contribution < 1.29 is 9.94 Å². The number of aliphatic hydroxyl groups is 1. The summed E-state index contributed by atoms with van der Waals surface area (Å²) in [6.45, 7) is 8.49. The van der Waals surface area contributed by atoms with Crippen molar-refractivity contribution in [3.8, 4) is 11.1 Å². The fourth-order valence-corrected chi connectivity index (χ4v) is 4.63. The van der Waals surface area contributed by atoms with Gasteiger partial charge in [0.2, 0.25) is 0 Å². The molecule has 0 unspecified atom stereocenters. The fourth-order valence-electron chi connectivity index (χ4n) is 3.07. The van der Waals surface area contributed by atoms with Crippen LogP contribution >= 0.6 is 15.9 Å². The van der Waals surface area contributed by atoms with Gasteiger partial charge in [0.1, 0.15) is 6.61 Å². The molecule has 7 heteroatoms. The number of aromatic nitrogens is 3. The maximum atomic E-state index is 9.33. The molecule has 0 aliphatic rings. The van der Waals surface area contributed by atoms with Gasteiger partial charge in [0, 0.05) is 47.3 Å². The molecule has 1 aromatic carbocycles. The summed E-state index contributed by atoms with van der Waals surface area (Å²) in [5.41, 5.74) is 3.20. The smallest absolute Gasteiger partial charge is 0.116 e. The summed E-state index contributed by atoms with van der Waals surface area (Å²) < 4.78 is 3.10. The van der Waals surface area contributed by atoms with Crippen LogP contribution in [0.1, 0.15) is 6.42 Å². The first-order valence-electron chi connectivity index (χ1n) is 8.95. The van der Waals surface area contributed by atoms with Crippen LogP contribution in [0.2, 0.25) is 25.7 Å². The highest BCUT2D eigenvalue weighted by Crippen LogP contribution is 2.32. The third-order valence-electron chi connectivity index (χ3n) is 4.35. The van der Waals surface area contributed by atoms with Crippen molar-refractivity contribution in [3.63, 3.8) is 0 Å². The van der Waals surface area contributed by atoms with Crippen LogP contribution in [-0.2, 0) is 6.54 Å². The van der Waals surface area contributed by atoms with Crippen LogP contribution in [0.3, 0.4) is 0 Å². The minimum atomic E-state index is -1.02. The number of hydrogen-bond donors (Lipinski definition) is 1. The normalized spacial score (nSPS) is 12.0. The third kappa shape index (κ3) is 4.58. The molecule has 0 fully saturated rings. The Bertz CT molecular complexity index is 883. The third-order valence-corrected chi connectivity index (χ3v) is 6.70. The van der Waals surface area contributed by atoms with Gasteiger partial charge in [-0.15, -0.1) is 9.94 Å². The molecule has 0 atom stereocenters. The highest BCUT2D eigenvalue weighted by atomic mass is 79.9. The largest absolute Gasteiger partial charge is 0.397 e. The molecule has 0 saturated heterocycles. The summed E-state index contributed by atoms with van der Waals surface area (Å²) in [7, 11) is -1.02. The first-order chi connectivity index (χ1) is 12.4. The number of halogens is 1. The number of hydrogen-bond acceptors (Lipinski definition) is 3. The van der Waals surface area contributed by atoms with Gasteiger partial charge >= 0.3 is 0 Å². The highest BCUT2D eigenvalue weighted by Gasteiger charge is 2.14. The van der Waals surface area contributed by atoms with Crippen LogP contribution in [0.25, 0.3) is 22.0 Å². The zero-order valence-electron chi connectivity index (χ0n) is 15.6. The van der Waals surface area contributed by atoms with Gasteiger partial charge in [0.25, 0.3) is 0 Å². The Hall–Kier alpha value is -1.57. The predicted octanol–water partition coefficient (Wildman–Crippen LogP) is 4.42. The number of benzene rings is 1. The van der Waals surface area contributed by atoms with Gasteiger partial charge in [-0.3, -0.25) is 0 Å². The minimum Gasteiger partial charge on any atom is -0.397 e. The topological polar surface area (TPSA) is 52.2 Å². The molecule has 3 aromatic rings. The van der Waals surface area contributed by atoms with E-state index in [-0.39, 0.29) is 6.61 Å². The minimum absolute atomic E-state index is 0.110. The van der Waals surface area contributed by atoms with E-state index >= 15 is 0 Å². The van der Waals surface area contributed by atoms with Gasteiger partial charge in [0.15, 0.2) is 0 Å². The molecule has 26 heavy (non-hydrogen) atoms. The molecule has 0 radical (unpaired) electrons. The number of rotatable bonds is 8. The van der Waals surface area contributed by atoms with Crippen LogP contribution in [0.15, 0.2) is 41.3 Å². The van der Waals surface area contributed by atoms with E-state index in [9.17, 15) is 5.11 Å². The van der Waals surface area contributed by atoms with E-state index in [1.165, 1.54) is 6.04 Å². The first kappa shape index (κ1) is 19.2. The maximum absolute atomic E-state index is 9.33. The predicted molar refractivity (Wildman–Crippen MR) is 112 cm³/mol. The van der Waals surface area contributed by atoms with Crippen molar-refractivity contribution in [1.29, 1.82) is 0 Å².